The summed E-state index contributed by atoms with van der Waals surface area (Å²) in [6, 6.07) is 8.58. The molecule has 0 saturated heterocycles. The summed E-state index contributed by atoms with van der Waals surface area (Å²) in [5.41, 5.74) is 14.7. The Bertz CT molecular complexity index is 1390. The Labute approximate surface area is 212 Å². The van der Waals surface area contributed by atoms with Crippen LogP contribution in [0.1, 0.15) is 18.2 Å². The Hall–Kier alpha value is -4.67. The number of anilines is 4. The molecule has 192 valence electrons. The number of hydrogen-bond donors (Lipinski definition) is 2. The molecule has 0 unspecified atom stereocenters. The number of methoxy groups -OCH3 is 2. The highest BCUT2D eigenvalue weighted by molar-refractivity contribution is 6.13. The maximum Gasteiger partial charge on any atom is 0.334 e. The lowest BCUT2D eigenvalue weighted by Crippen LogP contribution is -2.46. The molecule has 1 aromatic heterocycles. The summed E-state index contributed by atoms with van der Waals surface area (Å²) >= 11 is 0. The van der Waals surface area contributed by atoms with E-state index in [0.29, 0.717) is 39.6 Å². The maximum atomic E-state index is 15.4. The molecule has 37 heavy (non-hydrogen) atoms. The lowest BCUT2D eigenvalue weighted by Gasteiger charge is -2.37. The van der Waals surface area contributed by atoms with Crippen molar-refractivity contribution in [2.24, 2.45) is 10.7 Å². The van der Waals surface area contributed by atoms with Gasteiger partial charge in [-0.25, -0.2) is 13.6 Å². The molecule has 2 aromatic carbocycles. The summed E-state index contributed by atoms with van der Waals surface area (Å²) in [6.07, 6.45) is 3.11. The number of aliphatic imine (C=N–C) groups is 1. The van der Waals surface area contributed by atoms with E-state index in [4.69, 9.17) is 20.9 Å². The quantitative estimate of drug-likeness (QED) is 0.370. The van der Waals surface area contributed by atoms with Gasteiger partial charge in [0.15, 0.2) is 23.1 Å². The van der Waals surface area contributed by atoms with E-state index < -0.39 is 23.4 Å². The Morgan fingerprint density at radius 3 is 2.27 bits per heavy atom. The first kappa shape index (κ1) is 25.4. The minimum absolute atomic E-state index is 0.167. The van der Waals surface area contributed by atoms with E-state index in [2.05, 4.69) is 9.98 Å². The van der Waals surface area contributed by atoms with Gasteiger partial charge in [0.1, 0.15) is 5.69 Å². The highest BCUT2D eigenvalue weighted by Gasteiger charge is 2.37. The number of carbonyl (C=O) groups is 1. The van der Waals surface area contributed by atoms with Gasteiger partial charge in [-0.1, -0.05) is 0 Å². The van der Waals surface area contributed by atoms with E-state index in [9.17, 15) is 4.79 Å². The van der Waals surface area contributed by atoms with Crippen molar-refractivity contribution in [3.63, 3.8) is 0 Å². The van der Waals surface area contributed by atoms with Crippen LogP contribution in [-0.2, 0) is 6.54 Å². The Morgan fingerprint density at radius 1 is 1.11 bits per heavy atom. The second-order valence-electron chi connectivity index (χ2n) is 8.24. The number of amides is 2. The number of fused-ring (bicyclic) bond motifs is 1. The van der Waals surface area contributed by atoms with Crippen LogP contribution in [0.4, 0.5) is 36.3 Å². The summed E-state index contributed by atoms with van der Waals surface area (Å²) in [4.78, 5) is 24.8. The first-order valence-electron chi connectivity index (χ1n) is 11.2. The fourth-order valence-electron chi connectivity index (χ4n) is 4.07. The molecule has 1 aliphatic rings. The van der Waals surface area contributed by atoms with Gasteiger partial charge in [0.05, 0.1) is 37.8 Å². The highest BCUT2D eigenvalue weighted by atomic mass is 19.1. The van der Waals surface area contributed by atoms with E-state index in [0.717, 1.165) is 11.0 Å². The number of nitrogens with two attached hydrogens (primary N) is 2. The second-order valence-corrected chi connectivity index (χ2v) is 8.24. The van der Waals surface area contributed by atoms with E-state index in [1.807, 2.05) is 0 Å². The lowest BCUT2D eigenvalue weighted by atomic mass is 10.0. The van der Waals surface area contributed by atoms with Crippen LogP contribution in [0.25, 0.3) is 5.57 Å². The molecule has 0 fully saturated rings. The predicted octanol–water partition coefficient (Wildman–Crippen LogP) is 4.63. The van der Waals surface area contributed by atoms with Crippen LogP contribution in [0, 0.1) is 11.6 Å². The van der Waals surface area contributed by atoms with Gasteiger partial charge >= 0.3 is 6.03 Å². The molecule has 0 bridgehead atoms. The first-order valence-corrected chi connectivity index (χ1v) is 11.2. The molecule has 9 nitrogen and oxygen atoms in total. The second kappa shape index (κ2) is 10.1. The summed E-state index contributed by atoms with van der Waals surface area (Å²) < 4.78 is 40.9. The van der Waals surface area contributed by atoms with Crippen molar-refractivity contribution in [1.29, 1.82) is 0 Å². The predicted molar refractivity (Wildman–Crippen MR) is 139 cm³/mol. The zero-order valence-corrected chi connectivity index (χ0v) is 20.8. The van der Waals surface area contributed by atoms with Crippen LogP contribution >= 0.6 is 0 Å². The van der Waals surface area contributed by atoms with Crippen molar-refractivity contribution in [3.8, 4) is 11.5 Å². The molecule has 3 aromatic rings. The number of halogens is 2. The topological polar surface area (TPSA) is 119 Å². The summed E-state index contributed by atoms with van der Waals surface area (Å²) in [7, 11) is 4.08. The maximum absolute atomic E-state index is 15.4. The standard InChI is InChI=1S/C26H26F2N6O3/c1-14(29)18(12-31-2)19-9-20-15(11-32-19)13-33(26(35)34(20)17-7-5-16(30)6-8-17)25-23(27)21(36-3)10-22(37-4)24(25)28/h5-12H,13,29-30H2,1-4H3. The highest BCUT2D eigenvalue weighted by Crippen LogP contribution is 2.43. The fourth-order valence-corrected chi connectivity index (χ4v) is 4.07. The molecule has 0 saturated carbocycles. The molecular formula is C26H26F2N6O3. The number of hydrogen-bond acceptors (Lipinski definition) is 7. The average Bonchev–Trinajstić information content (AvgIpc) is 2.88. The van der Waals surface area contributed by atoms with Crippen molar-refractivity contribution in [2.75, 3.05) is 36.8 Å². The van der Waals surface area contributed by atoms with Gasteiger partial charge in [-0.15, -0.1) is 0 Å². The number of nitrogen functional groups attached to an aromatic ring is 1. The molecule has 2 amide bonds. The monoisotopic (exact) mass is 508 g/mol. The van der Waals surface area contributed by atoms with Gasteiger partial charge in [0.25, 0.3) is 0 Å². The van der Waals surface area contributed by atoms with E-state index >= 15 is 8.78 Å². The number of carbonyl (C=O) groups excluding carboxylic acids is 1. The van der Waals surface area contributed by atoms with Gasteiger partial charge < -0.3 is 20.9 Å². The number of aromatic nitrogens is 1. The van der Waals surface area contributed by atoms with Crippen molar-refractivity contribution in [1.82, 2.24) is 4.98 Å². The van der Waals surface area contributed by atoms with Crippen molar-refractivity contribution >= 4 is 40.6 Å². The van der Waals surface area contributed by atoms with E-state index in [1.165, 1.54) is 25.3 Å². The zero-order chi connectivity index (χ0) is 26.9. The van der Waals surface area contributed by atoms with Crippen molar-refractivity contribution in [2.45, 2.75) is 13.5 Å². The molecular weight excluding hydrogens is 482 g/mol. The van der Waals surface area contributed by atoms with E-state index in [-0.39, 0.29) is 18.0 Å². The Balaban J connectivity index is 1.96. The van der Waals surface area contributed by atoms with Gasteiger partial charge in [-0.2, -0.15) is 0 Å². The number of allylic oxidation sites excluding steroid dienone is 2. The number of pyridine rings is 1. The molecule has 4 N–H and O–H groups in total. The largest absolute Gasteiger partial charge is 0.493 e. The first-order chi connectivity index (χ1) is 17.7. The summed E-state index contributed by atoms with van der Waals surface area (Å²) in [5.74, 6) is -2.62. The van der Waals surface area contributed by atoms with Crippen LogP contribution in [0.15, 0.2) is 53.3 Å². The van der Waals surface area contributed by atoms with Crippen molar-refractivity contribution < 1.29 is 23.0 Å². The van der Waals surface area contributed by atoms with Crippen LogP contribution in [0.3, 0.4) is 0 Å². The van der Waals surface area contributed by atoms with Crippen LogP contribution in [-0.4, -0.2) is 38.5 Å². The van der Waals surface area contributed by atoms with Crippen molar-refractivity contribution in [3.05, 3.63) is 71.2 Å². The third-order valence-corrected chi connectivity index (χ3v) is 5.88. The average molecular weight is 509 g/mol. The summed E-state index contributed by atoms with van der Waals surface area (Å²) in [6.45, 7) is 1.55. The van der Waals surface area contributed by atoms with Gasteiger partial charge in [0, 0.05) is 48.0 Å². The molecule has 1 aliphatic heterocycles. The zero-order valence-electron chi connectivity index (χ0n) is 20.8. The number of ether oxygens (including phenoxy) is 2. The van der Waals surface area contributed by atoms with Gasteiger partial charge in [-0.3, -0.25) is 19.8 Å². The summed E-state index contributed by atoms with van der Waals surface area (Å²) in [5, 5.41) is 0. The Morgan fingerprint density at radius 2 is 1.73 bits per heavy atom. The smallest absolute Gasteiger partial charge is 0.334 e. The molecule has 0 atom stereocenters. The molecule has 0 aliphatic carbocycles. The third-order valence-electron chi connectivity index (χ3n) is 5.88. The number of urea groups is 1. The third kappa shape index (κ3) is 4.51. The normalized spacial score (nSPS) is 14.1. The van der Waals surface area contributed by atoms with Gasteiger partial charge in [0.2, 0.25) is 0 Å². The van der Waals surface area contributed by atoms with Crippen LogP contribution < -0.4 is 30.7 Å². The molecule has 0 spiro atoms. The number of nitrogens with zero attached hydrogens (tertiary/aromatic N) is 4. The molecule has 0 radical (unpaired) electrons. The van der Waals surface area contributed by atoms with E-state index in [1.54, 1.807) is 50.5 Å². The van der Waals surface area contributed by atoms with Crippen LogP contribution in [0.5, 0.6) is 11.5 Å². The fraction of sp³-hybridized carbons (Fsp3) is 0.192. The number of benzene rings is 2. The number of rotatable bonds is 6. The lowest BCUT2D eigenvalue weighted by molar-refractivity contribution is 0.251. The molecule has 2 heterocycles. The minimum atomic E-state index is -1.04. The Kier molecular flexibility index (Phi) is 6.96. The molecule has 4 rings (SSSR count). The molecule has 11 heteroatoms. The van der Waals surface area contributed by atoms with Crippen LogP contribution in [0.2, 0.25) is 0 Å². The minimum Gasteiger partial charge on any atom is -0.493 e. The van der Waals surface area contributed by atoms with Gasteiger partial charge in [-0.05, 0) is 37.3 Å². The SMILES string of the molecule is CN=CC(=C(C)N)c1cc2c(cn1)CN(c1c(F)c(OC)cc(OC)c1F)C(=O)N2c1ccc(N)cc1.